The van der Waals surface area contributed by atoms with Gasteiger partial charge in [-0.2, -0.15) is 0 Å². The fraction of sp³-hybridized carbons (Fsp3) is 0.222. The van der Waals surface area contributed by atoms with E-state index < -0.39 is 13.1 Å². The quantitative estimate of drug-likeness (QED) is 0.585. The Kier molecular flexibility index (Phi) is 5.59. The zero-order valence-corrected chi connectivity index (χ0v) is 8.14. The standard InChI is InChI=1S/C7H7BO4.C2H6/c9-7(10)5-2-1-3-6(4-5)8(11)12;1-2/h1-4,11-12H,(H,9,10);1-2H3. The summed E-state index contributed by atoms with van der Waals surface area (Å²) in [5.41, 5.74) is 0.218. The number of aromatic carboxylic acids is 1. The van der Waals surface area contributed by atoms with Gasteiger partial charge in [-0.15, -0.1) is 0 Å². The number of carbonyl (C=O) groups is 1. The van der Waals surface area contributed by atoms with Gasteiger partial charge in [0.25, 0.3) is 0 Å². The number of benzene rings is 1. The monoisotopic (exact) mass is 196 g/mol. The van der Waals surface area contributed by atoms with Crippen molar-refractivity contribution in [3.8, 4) is 0 Å². The summed E-state index contributed by atoms with van der Waals surface area (Å²) in [7, 11) is -1.62. The molecule has 1 aromatic carbocycles. The van der Waals surface area contributed by atoms with E-state index in [4.69, 9.17) is 15.2 Å². The Hall–Kier alpha value is -1.33. The predicted octanol–water partition coefficient (Wildman–Crippen LogP) is 0.0908. The van der Waals surface area contributed by atoms with Gasteiger partial charge < -0.3 is 15.2 Å². The first-order valence-corrected chi connectivity index (χ1v) is 4.30. The van der Waals surface area contributed by atoms with Crippen molar-refractivity contribution in [2.24, 2.45) is 0 Å². The average Bonchev–Trinajstić information content (AvgIpc) is 2.21. The van der Waals surface area contributed by atoms with Gasteiger partial charge in [-0.25, -0.2) is 4.79 Å². The Bertz CT molecular complexity index is 299. The molecule has 0 aliphatic rings. The zero-order valence-electron chi connectivity index (χ0n) is 8.14. The lowest BCUT2D eigenvalue weighted by atomic mass is 9.80. The zero-order chi connectivity index (χ0) is 11.1. The molecule has 1 aromatic rings. The van der Waals surface area contributed by atoms with Crippen molar-refractivity contribution in [2.45, 2.75) is 13.8 Å². The largest absolute Gasteiger partial charge is 0.488 e. The molecule has 0 saturated heterocycles. The Balaban J connectivity index is 0.000000791. The van der Waals surface area contributed by atoms with E-state index in [9.17, 15) is 4.79 Å². The maximum atomic E-state index is 10.4. The Morgan fingerprint density at radius 2 is 1.86 bits per heavy atom. The van der Waals surface area contributed by atoms with E-state index in [0.717, 1.165) is 0 Å². The fourth-order valence-corrected chi connectivity index (χ4v) is 0.832. The molecule has 14 heavy (non-hydrogen) atoms. The molecule has 0 amide bonds. The van der Waals surface area contributed by atoms with Gasteiger partial charge in [-0.1, -0.05) is 26.0 Å². The van der Waals surface area contributed by atoms with Gasteiger partial charge in [0.2, 0.25) is 0 Å². The van der Waals surface area contributed by atoms with Gasteiger partial charge >= 0.3 is 13.1 Å². The number of rotatable bonds is 2. The van der Waals surface area contributed by atoms with Crippen molar-refractivity contribution in [2.75, 3.05) is 0 Å². The summed E-state index contributed by atoms with van der Waals surface area (Å²) in [6, 6.07) is 5.50. The minimum absolute atomic E-state index is 0.0422. The molecule has 4 nitrogen and oxygen atoms in total. The molecule has 0 aliphatic carbocycles. The Morgan fingerprint density at radius 3 is 2.29 bits per heavy atom. The van der Waals surface area contributed by atoms with Crippen molar-refractivity contribution in [3.05, 3.63) is 29.8 Å². The molecule has 0 heterocycles. The van der Waals surface area contributed by atoms with E-state index in [1.54, 1.807) is 0 Å². The van der Waals surface area contributed by atoms with Gasteiger partial charge in [0.15, 0.2) is 0 Å². The highest BCUT2D eigenvalue weighted by Gasteiger charge is 2.12. The van der Waals surface area contributed by atoms with Crippen LogP contribution < -0.4 is 5.46 Å². The lowest BCUT2D eigenvalue weighted by Crippen LogP contribution is -2.30. The fourth-order valence-electron chi connectivity index (χ4n) is 0.832. The molecule has 0 aromatic heterocycles. The topological polar surface area (TPSA) is 77.8 Å². The molecule has 0 radical (unpaired) electrons. The molecule has 3 N–H and O–H groups in total. The minimum atomic E-state index is -1.62. The van der Waals surface area contributed by atoms with Crippen LogP contribution in [0, 0.1) is 0 Å². The second kappa shape index (κ2) is 6.18. The van der Waals surface area contributed by atoms with Crippen LogP contribution in [0.15, 0.2) is 24.3 Å². The summed E-state index contributed by atoms with van der Waals surface area (Å²) < 4.78 is 0. The molecule has 0 saturated carbocycles. The summed E-state index contributed by atoms with van der Waals surface area (Å²) in [5, 5.41) is 25.9. The van der Waals surface area contributed by atoms with Crippen molar-refractivity contribution < 1.29 is 19.9 Å². The first kappa shape index (κ1) is 12.7. The highest BCUT2D eigenvalue weighted by Crippen LogP contribution is 1.96. The minimum Gasteiger partial charge on any atom is -0.478 e. The lowest BCUT2D eigenvalue weighted by molar-refractivity contribution is 0.0697. The van der Waals surface area contributed by atoms with E-state index in [0.29, 0.717) is 0 Å². The molecule has 0 aliphatic heterocycles. The van der Waals surface area contributed by atoms with Crippen LogP contribution in [-0.4, -0.2) is 28.2 Å². The maximum Gasteiger partial charge on any atom is 0.488 e. The molecular weight excluding hydrogens is 183 g/mol. The van der Waals surface area contributed by atoms with Gasteiger partial charge in [0.1, 0.15) is 0 Å². The average molecular weight is 196 g/mol. The smallest absolute Gasteiger partial charge is 0.478 e. The van der Waals surface area contributed by atoms with Gasteiger partial charge in [-0.05, 0) is 17.6 Å². The van der Waals surface area contributed by atoms with Crippen LogP contribution in [0.25, 0.3) is 0 Å². The Labute approximate surface area is 83.0 Å². The summed E-state index contributed by atoms with van der Waals surface area (Å²) in [6.45, 7) is 4.00. The molecule has 0 spiro atoms. The van der Waals surface area contributed by atoms with Gasteiger partial charge in [-0.3, -0.25) is 0 Å². The SMILES string of the molecule is CC.O=C(O)c1cccc(B(O)O)c1. The maximum absolute atomic E-state index is 10.4. The van der Waals surface area contributed by atoms with Gasteiger partial charge in [0, 0.05) is 0 Å². The van der Waals surface area contributed by atoms with E-state index >= 15 is 0 Å². The van der Waals surface area contributed by atoms with Crippen LogP contribution in [0.1, 0.15) is 24.2 Å². The molecule has 0 fully saturated rings. The van der Waals surface area contributed by atoms with E-state index in [1.807, 2.05) is 13.8 Å². The third-order valence-corrected chi connectivity index (χ3v) is 1.43. The van der Waals surface area contributed by atoms with Gasteiger partial charge in [0.05, 0.1) is 5.56 Å². The number of carboxylic acid groups (broad SMARTS) is 1. The van der Waals surface area contributed by atoms with E-state index in [-0.39, 0.29) is 11.0 Å². The van der Waals surface area contributed by atoms with Crippen LogP contribution in [0.5, 0.6) is 0 Å². The third-order valence-electron chi connectivity index (χ3n) is 1.43. The molecule has 0 unspecified atom stereocenters. The van der Waals surface area contributed by atoms with Crippen LogP contribution in [-0.2, 0) is 0 Å². The number of carboxylic acids is 1. The molecule has 1 rings (SSSR count). The van der Waals surface area contributed by atoms with E-state index in [2.05, 4.69) is 0 Å². The Morgan fingerprint density at radius 1 is 1.29 bits per heavy atom. The molecule has 76 valence electrons. The highest BCUT2D eigenvalue weighted by atomic mass is 16.4. The molecule has 0 bridgehead atoms. The van der Waals surface area contributed by atoms with Crippen molar-refractivity contribution in [1.29, 1.82) is 0 Å². The highest BCUT2D eigenvalue weighted by molar-refractivity contribution is 6.58. The summed E-state index contributed by atoms with van der Waals surface area (Å²) in [4.78, 5) is 10.4. The summed E-state index contributed by atoms with van der Waals surface area (Å²) in [5.74, 6) is -1.09. The predicted molar refractivity (Wildman–Crippen MR) is 54.6 cm³/mol. The summed E-state index contributed by atoms with van der Waals surface area (Å²) in [6.07, 6.45) is 0. The second-order valence-corrected chi connectivity index (χ2v) is 2.30. The van der Waals surface area contributed by atoms with Crippen molar-refractivity contribution in [3.63, 3.8) is 0 Å². The normalized spacial score (nSPS) is 8.57. The third kappa shape index (κ3) is 3.59. The number of hydrogen-bond donors (Lipinski definition) is 3. The lowest BCUT2D eigenvalue weighted by Gasteiger charge is -1.99. The van der Waals surface area contributed by atoms with Crippen LogP contribution in [0.4, 0.5) is 0 Å². The molecule has 5 heteroatoms. The van der Waals surface area contributed by atoms with Crippen LogP contribution in [0.3, 0.4) is 0 Å². The first-order valence-electron chi connectivity index (χ1n) is 4.30. The molecule has 0 atom stereocenters. The molecular formula is C9H13BO4. The van der Waals surface area contributed by atoms with Crippen molar-refractivity contribution in [1.82, 2.24) is 0 Å². The second-order valence-electron chi connectivity index (χ2n) is 2.30. The van der Waals surface area contributed by atoms with Crippen molar-refractivity contribution >= 4 is 18.6 Å². The number of hydrogen-bond acceptors (Lipinski definition) is 3. The first-order chi connectivity index (χ1) is 6.61. The van der Waals surface area contributed by atoms with Crippen LogP contribution >= 0.6 is 0 Å². The summed E-state index contributed by atoms with van der Waals surface area (Å²) >= 11 is 0. The van der Waals surface area contributed by atoms with Crippen LogP contribution in [0.2, 0.25) is 0 Å². The van der Waals surface area contributed by atoms with E-state index in [1.165, 1.54) is 24.3 Å².